The Morgan fingerprint density at radius 2 is 2.00 bits per heavy atom. The highest BCUT2D eigenvalue weighted by Crippen LogP contribution is 2.27. The normalized spacial score (nSPS) is 13.2. The van der Waals surface area contributed by atoms with Gasteiger partial charge in [-0.3, -0.25) is 0 Å². The van der Waals surface area contributed by atoms with E-state index in [0.29, 0.717) is 11.8 Å². The van der Waals surface area contributed by atoms with Gasteiger partial charge < -0.3 is 10.3 Å². The predicted octanol–water partition coefficient (Wildman–Crippen LogP) is 2.63. The Bertz CT molecular complexity index is 545. The monoisotopic (exact) mass is 249 g/mol. The Morgan fingerprint density at radius 1 is 1.35 bits per heavy atom. The minimum atomic E-state index is 0.396. The summed E-state index contributed by atoms with van der Waals surface area (Å²) in [6.07, 6.45) is 0. The number of fused-ring (bicyclic) bond motifs is 1. The van der Waals surface area contributed by atoms with Crippen LogP contribution in [0.3, 0.4) is 0 Å². The van der Waals surface area contributed by atoms with Crippen LogP contribution >= 0.6 is 11.8 Å². The Hall–Kier alpha value is -1.00. The molecular weight excluding hydrogens is 230 g/mol. The van der Waals surface area contributed by atoms with Crippen molar-refractivity contribution in [3.8, 4) is 0 Å². The number of nitrogens with zero attached hydrogens (tertiary/aromatic N) is 2. The maximum Gasteiger partial charge on any atom is 0.169 e. The lowest BCUT2D eigenvalue weighted by Crippen LogP contribution is -2.13. The first kappa shape index (κ1) is 12.5. The molecule has 17 heavy (non-hydrogen) atoms. The third-order valence-electron chi connectivity index (χ3n) is 3.09. The molecule has 0 bridgehead atoms. The van der Waals surface area contributed by atoms with E-state index in [1.165, 1.54) is 16.6 Å². The van der Waals surface area contributed by atoms with Crippen LogP contribution in [-0.4, -0.2) is 21.3 Å². The number of benzene rings is 1. The molecular formula is C13H19N3S. The van der Waals surface area contributed by atoms with Crippen LogP contribution in [0.5, 0.6) is 0 Å². The van der Waals surface area contributed by atoms with Crippen molar-refractivity contribution in [2.45, 2.75) is 31.2 Å². The average Bonchev–Trinajstić information content (AvgIpc) is 2.57. The molecule has 1 aromatic heterocycles. The molecule has 1 heterocycles. The molecule has 2 aromatic rings. The van der Waals surface area contributed by atoms with E-state index in [2.05, 4.69) is 49.5 Å². The summed E-state index contributed by atoms with van der Waals surface area (Å²) >= 11 is 1.73. The molecule has 1 unspecified atom stereocenters. The molecule has 0 spiro atoms. The summed E-state index contributed by atoms with van der Waals surface area (Å²) in [5, 5.41) is 1.44. The van der Waals surface area contributed by atoms with E-state index in [-0.39, 0.29) is 0 Å². The van der Waals surface area contributed by atoms with Crippen LogP contribution in [0.1, 0.15) is 18.1 Å². The van der Waals surface area contributed by atoms with Crippen LogP contribution in [0.4, 0.5) is 0 Å². The highest BCUT2D eigenvalue weighted by Gasteiger charge is 2.12. The first-order valence-corrected chi connectivity index (χ1v) is 6.71. The second-order valence-electron chi connectivity index (χ2n) is 4.54. The molecule has 2 rings (SSSR count). The van der Waals surface area contributed by atoms with E-state index < -0.39 is 0 Å². The van der Waals surface area contributed by atoms with Crippen LogP contribution in [0.25, 0.3) is 11.0 Å². The SMILES string of the molecule is Cc1cc2nc(SC(C)CN)n(C)c2cc1C. The molecule has 1 aromatic carbocycles. The maximum absolute atomic E-state index is 5.65. The number of hydrogen-bond acceptors (Lipinski definition) is 3. The van der Waals surface area contributed by atoms with Gasteiger partial charge >= 0.3 is 0 Å². The highest BCUT2D eigenvalue weighted by molar-refractivity contribution is 7.99. The summed E-state index contributed by atoms with van der Waals surface area (Å²) in [5.74, 6) is 0. The topological polar surface area (TPSA) is 43.8 Å². The predicted molar refractivity (Wildman–Crippen MR) is 74.6 cm³/mol. The van der Waals surface area contributed by atoms with E-state index in [9.17, 15) is 0 Å². The van der Waals surface area contributed by atoms with Gasteiger partial charge in [-0.05, 0) is 37.1 Å². The summed E-state index contributed by atoms with van der Waals surface area (Å²) in [4.78, 5) is 4.67. The van der Waals surface area contributed by atoms with E-state index in [0.717, 1.165) is 10.7 Å². The van der Waals surface area contributed by atoms with Gasteiger partial charge in [0.1, 0.15) is 0 Å². The van der Waals surface area contributed by atoms with Crippen molar-refractivity contribution in [1.82, 2.24) is 9.55 Å². The van der Waals surface area contributed by atoms with Gasteiger partial charge in [0, 0.05) is 18.8 Å². The number of hydrogen-bond donors (Lipinski definition) is 1. The zero-order valence-electron chi connectivity index (χ0n) is 10.8. The molecule has 0 aliphatic rings. The maximum atomic E-state index is 5.65. The van der Waals surface area contributed by atoms with E-state index in [1.807, 2.05) is 0 Å². The summed E-state index contributed by atoms with van der Waals surface area (Å²) in [7, 11) is 2.07. The molecule has 4 heteroatoms. The van der Waals surface area contributed by atoms with Gasteiger partial charge in [-0.1, -0.05) is 18.7 Å². The number of imidazole rings is 1. The van der Waals surface area contributed by atoms with Crippen molar-refractivity contribution >= 4 is 22.8 Å². The highest BCUT2D eigenvalue weighted by atomic mass is 32.2. The first-order chi connectivity index (χ1) is 8.02. The second-order valence-corrected chi connectivity index (χ2v) is 5.95. The van der Waals surface area contributed by atoms with Crippen molar-refractivity contribution in [2.24, 2.45) is 12.8 Å². The molecule has 0 aliphatic carbocycles. The van der Waals surface area contributed by atoms with Crippen LogP contribution in [-0.2, 0) is 7.05 Å². The van der Waals surface area contributed by atoms with Crippen molar-refractivity contribution in [3.63, 3.8) is 0 Å². The summed E-state index contributed by atoms with van der Waals surface area (Å²) in [5.41, 5.74) is 10.5. The molecule has 0 amide bonds. The van der Waals surface area contributed by atoms with Crippen molar-refractivity contribution in [2.75, 3.05) is 6.54 Å². The van der Waals surface area contributed by atoms with Crippen LogP contribution in [0.15, 0.2) is 17.3 Å². The van der Waals surface area contributed by atoms with Crippen molar-refractivity contribution < 1.29 is 0 Å². The lowest BCUT2D eigenvalue weighted by atomic mass is 10.1. The van der Waals surface area contributed by atoms with Crippen LogP contribution in [0.2, 0.25) is 0 Å². The number of rotatable bonds is 3. The number of thioether (sulfide) groups is 1. The largest absolute Gasteiger partial charge is 0.329 e. The lowest BCUT2D eigenvalue weighted by molar-refractivity contribution is 0.807. The van der Waals surface area contributed by atoms with Crippen molar-refractivity contribution in [3.05, 3.63) is 23.3 Å². The van der Waals surface area contributed by atoms with Gasteiger partial charge in [-0.25, -0.2) is 4.98 Å². The average molecular weight is 249 g/mol. The summed E-state index contributed by atoms with van der Waals surface area (Å²) < 4.78 is 2.15. The minimum Gasteiger partial charge on any atom is -0.329 e. The van der Waals surface area contributed by atoms with Gasteiger partial charge in [0.15, 0.2) is 5.16 Å². The zero-order valence-corrected chi connectivity index (χ0v) is 11.6. The molecule has 0 saturated heterocycles. The van der Waals surface area contributed by atoms with Crippen molar-refractivity contribution in [1.29, 1.82) is 0 Å². The molecule has 92 valence electrons. The first-order valence-electron chi connectivity index (χ1n) is 5.83. The Balaban J connectivity index is 2.49. The van der Waals surface area contributed by atoms with Crippen LogP contribution in [0, 0.1) is 13.8 Å². The molecule has 0 saturated carbocycles. The summed E-state index contributed by atoms with van der Waals surface area (Å²) in [6, 6.07) is 4.36. The molecule has 3 nitrogen and oxygen atoms in total. The molecule has 2 N–H and O–H groups in total. The summed E-state index contributed by atoms with van der Waals surface area (Å²) in [6.45, 7) is 7.06. The van der Waals surface area contributed by atoms with Crippen LogP contribution < -0.4 is 5.73 Å². The Kier molecular flexibility index (Phi) is 3.45. The van der Waals surface area contributed by atoms with Gasteiger partial charge in [-0.15, -0.1) is 0 Å². The Morgan fingerprint density at radius 3 is 2.65 bits per heavy atom. The second kappa shape index (κ2) is 4.70. The van der Waals surface area contributed by atoms with Gasteiger partial charge in [0.2, 0.25) is 0 Å². The van der Waals surface area contributed by atoms with E-state index in [1.54, 1.807) is 11.8 Å². The van der Waals surface area contributed by atoms with E-state index in [4.69, 9.17) is 5.73 Å². The quantitative estimate of drug-likeness (QED) is 0.850. The van der Waals surface area contributed by atoms with Gasteiger partial charge in [-0.2, -0.15) is 0 Å². The lowest BCUT2D eigenvalue weighted by Gasteiger charge is -2.07. The number of nitrogens with two attached hydrogens (primary N) is 1. The molecule has 0 radical (unpaired) electrons. The smallest absolute Gasteiger partial charge is 0.169 e. The fourth-order valence-electron chi connectivity index (χ4n) is 1.76. The number of aromatic nitrogens is 2. The zero-order chi connectivity index (χ0) is 12.6. The molecule has 1 atom stereocenters. The van der Waals surface area contributed by atoms with E-state index >= 15 is 0 Å². The Labute approximate surface area is 106 Å². The third kappa shape index (κ3) is 2.33. The van der Waals surface area contributed by atoms with Gasteiger partial charge in [0.25, 0.3) is 0 Å². The molecule has 0 aliphatic heterocycles. The third-order valence-corrected chi connectivity index (χ3v) is 4.26. The molecule has 0 fully saturated rings. The minimum absolute atomic E-state index is 0.396. The van der Waals surface area contributed by atoms with Gasteiger partial charge in [0.05, 0.1) is 11.0 Å². The fraction of sp³-hybridized carbons (Fsp3) is 0.462. The number of aryl methyl sites for hydroxylation is 3. The standard InChI is InChI=1S/C13H19N3S/c1-8-5-11-12(6-9(8)2)16(4)13(15-11)17-10(3)7-14/h5-6,10H,7,14H2,1-4H3. The fourth-order valence-corrected chi connectivity index (χ4v) is 2.62.